The number of likely N-dealkylation sites (tertiary alicyclic amines) is 1. The van der Waals surface area contributed by atoms with Crippen molar-refractivity contribution in [1.29, 1.82) is 0 Å². The maximum atomic E-state index is 13.9. The topological polar surface area (TPSA) is 83.1 Å². The molecule has 0 radical (unpaired) electrons. The average molecular weight is 588 g/mol. The van der Waals surface area contributed by atoms with Gasteiger partial charge in [-0.2, -0.15) is 13.2 Å². The Morgan fingerprint density at radius 3 is 2.64 bits per heavy atom. The minimum Gasteiger partial charge on any atom is -0.504 e. The molecule has 2 aromatic carbocycles. The van der Waals surface area contributed by atoms with Gasteiger partial charge in [0.2, 0.25) is 5.60 Å². The molecule has 3 atom stereocenters. The summed E-state index contributed by atoms with van der Waals surface area (Å²) >= 11 is 0. The number of nitrogens with one attached hydrogen (secondary N) is 2. The summed E-state index contributed by atoms with van der Waals surface area (Å²) in [4.78, 5) is 15.9. The molecule has 1 amide bonds. The minimum atomic E-state index is -4.46. The molecular weight excluding hydrogens is 547 g/mol. The third-order valence-corrected chi connectivity index (χ3v) is 7.84. The number of hydrogen-bond donors (Lipinski definition) is 3. The monoisotopic (exact) mass is 587 g/mol. The number of methoxy groups -OCH3 is 1. The van der Waals surface area contributed by atoms with Crippen LogP contribution in [0.3, 0.4) is 0 Å². The third-order valence-electron chi connectivity index (χ3n) is 7.84. The van der Waals surface area contributed by atoms with Gasteiger partial charge in [-0.05, 0) is 73.7 Å². The van der Waals surface area contributed by atoms with Crippen LogP contribution in [0.4, 0.5) is 13.2 Å². The van der Waals surface area contributed by atoms with Crippen molar-refractivity contribution in [3.8, 4) is 17.2 Å². The fourth-order valence-electron chi connectivity index (χ4n) is 5.37. The molecule has 1 aliphatic carbocycles. The molecule has 228 valence electrons. The number of allylic oxidation sites excluding steroid dienone is 3. The molecule has 1 fully saturated rings. The summed E-state index contributed by atoms with van der Waals surface area (Å²) in [5, 5.41) is 16.6. The van der Waals surface area contributed by atoms with Crippen molar-refractivity contribution in [2.75, 3.05) is 33.3 Å². The predicted molar refractivity (Wildman–Crippen MR) is 155 cm³/mol. The highest BCUT2D eigenvalue weighted by Crippen LogP contribution is 2.34. The van der Waals surface area contributed by atoms with Gasteiger partial charge in [0.25, 0.3) is 5.91 Å². The van der Waals surface area contributed by atoms with E-state index in [0.717, 1.165) is 50.0 Å². The highest BCUT2D eigenvalue weighted by molar-refractivity contribution is 5.86. The van der Waals surface area contributed by atoms with Crippen molar-refractivity contribution in [1.82, 2.24) is 15.5 Å². The summed E-state index contributed by atoms with van der Waals surface area (Å²) in [6.45, 7) is 4.89. The molecule has 42 heavy (non-hydrogen) atoms. The van der Waals surface area contributed by atoms with E-state index in [0.29, 0.717) is 31.2 Å². The van der Waals surface area contributed by atoms with Crippen LogP contribution in [0.5, 0.6) is 17.2 Å². The third kappa shape index (κ3) is 8.29. The molecular formula is C32H40F3N3O4. The van der Waals surface area contributed by atoms with Crippen LogP contribution < -0.4 is 20.1 Å². The van der Waals surface area contributed by atoms with Crippen LogP contribution in [0.25, 0.3) is 0 Å². The van der Waals surface area contributed by atoms with E-state index in [4.69, 9.17) is 9.47 Å². The fraction of sp³-hybridized carbons (Fsp3) is 0.469. The first kappa shape index (κ1) is 31.4. The molecule has 3 N–H and O–H groups in total. The standard InChI is InChI=1S/C32H40F3N3O4/c1-3-26(15-17-36-20-23-7-5-4-6-8-23)37-30(40)31(42-27-12-10-25(11-13-27)32(33,34)35)16-18-38(22-31)21-24-9-14-28(39)29(19-24)41-2/h4-7,9-14,19,23,26,36,39H,3,8,15-18,20-22H2,1-2H3,(H,37,40). The van der Waals surface area contributed by atoms with Gasteiger partial charge in [0, 0.05) is 38.6 Å². The SMILES string of the molecule is CCC(CCNCC1C=CC=CC1)NC(=O)C1(Oc2ccc(C(F)(F)F)cc2)CCN(Cc2ccc(O)c(OC)c2)C1. The Kier molecular flexibility index (Phi) is 10.6. The highest BCUT2D eigenvalue weighted by atomic mass is 19.4. The Hall–Kier alpha value is -3.50. The van der Waals surface area contributed by atoms with Crippen LogP contribution in [-0.4, -0.2) is 60.8 Å². The number of alkyl halides is 3. The van der Waals surface area contributed by atoms with Gasteiger partial charge in [-0.1, -0.05) is 37.3 Å². The van der Waals surface area contributed by atoms with E-state index in [1.807, 2.05) is 13.0 Å². The maximum absolute atomic E-state index is 13.9. The lowest BCUT2D eigenvalue weighted by molar-refractivity contribution is -0.138. The van der Waals surface area contributed by atoms with E-state index in [2.05, 4.69) is 33.8 Å². The van der Waals surface area contributed by atoms with Gasteiger partial charge in [-0.25, -0.2) is 0 Å². The van der Waals surface area contributed by atoms with Gasteiger partial charge < -0.3 is 25.2 Å². The molecule has 7 nitrogen and oxygen atoms in total. The number of phenolic OH excluding ortho intramolecular Hbond substituents is 1. The van der Waals surface area contributed by atoms with Crippen molar-refractivity contribution < 1.29 is 32.5 Å². The number of rotatable bonds is 13. The van der Waals surface area contributed by atoms with Crippen LogP contribution in [0.2, 0.25) is 0 Å². The number of hydrogen-bond acceptors (Lipinski definition) is 6. The Bertz CT molecular complexity index is 1250. The van der Waals surface area contributed by atoms with E-state index in [1.54, 1.807) is 18.2 Å². The number of phenols is 1. The highest BCUT2D eigenvalue weighted by Gasteiger charge is 2.47. The number of halogens is 3. The molecule has 0 bridgehead atoms. The molecule has 2 aliphatic rings. The molecule has 1 aliphatic heterocycles. The van der Waals surface area contributed by atoms with Gasteiger partial charge in [0.15, 0.2) is 11.5 Å². The summed E-state index contributed by atoms with van der Waals surface area (Å²) in [6, 6.07) is 9.46. The largest absolute Gasteiger partial charge is 0.504 e. The zero-order chi connectivity index (χ0) is 30.2. The lowest BCUT2D eigenvalue weighted by Crippen LogP contribution is -2.55. The zero-order valence-corrected chi connectivity index (χ0v) is 24.1. The molecule has 4 rings (SSSR count). The number of ether oxygens (including phenoxy) is 2. The van der Waals surface area contributed by atoms with Gasteiger partial charge in [-0.3, -0.25) is 9.69 Å². The fourth-order valence-corrected chi connectivity index (χ4v) is 5.37. The summed E-state index contributed by atoms with van der Waals surface area (Å²) in [5.41, 5.74) is -1.17. The summed E-state index contributed by atoms with van der Waals surface area (Å²) in [6.07, 6.45) is 6.83. The van der Waals surface area contributed by atoms with Crippen LogP contribution in [0.15, 0.2) is 66.8 Å². The Labute approximate surface area is 245 Å². The van der Waals surface area contributed by atoms with E-state index < -0.39 is 17.3 Å². The second-order valence-corrected chi connectivity index (χ2v) is 11.0. The van der Waals surface area contributed by atoms with Crippen LogP contribution in [0.1, 0.15) is 43.7 Å². The van der Waals surface area contributed by atoms with Crippen molar-refractivity contribution in [2.24, 2.45) is 5.92 Å². The van der Waals surface area contributed by atoms with Crippen LogP contribution in [-0.2, 0) is 17.5 Å². The quantitative estimate of drug-likeness (QED) is 0.271. The Morgan fingerprint density at radius 2 is 1.98 bits per heavy atom. The van der Waals surface area contributed by atoms with Crippen LogP contribution >= 0.6 is 0 Å². The predicted octanol–water partition coefficient (Wildman–Crippen LogP) is 5.45. The van der Waals surface area contributed by atoms with Gasteiger partial charge >= 0.3 is 6.18 Å². The smallest absolute Gasteiger partial charge is 0.416 e. The minimum absolute atomic E-state index is 0.0363. The lowest BCUT2D eigenvalue weighted by atomic mass is 9.99. The first-order chi connectivity index (χ1) is 20.1. The van der Waals surface area contributed by atoms with Crippen LogP contribution in [0, 0.1) is 5.92 Å². The molecule has 0 aromatic heterocycles. The van der Waals surface area contributed by atoms with Gasteiger partial charge in [0.05, 0.1) is 12.7 Å². The molecule has 0 spiro atoms. The van der Waals surface area contributed by atoms with Crippen molar-refractivity contribution >= 4 is 5.91 Å². The van der Waals surface area contributed by atoms with E-state index in [9.17, 15) is 23.1 Å². The number of carbonyl (C=O) groups excluding carboxylic acids is 1. The first-order valence-corrected chi connectivity index (χ1v) is 14.4. The van der Waals surface area contributed by atoms with E-state index in [1.165, 1.54) is 19.2 Å². The Morgan fingerprint density at radius 1 is 1.19 bits per heavy atom. The average Bonchev–Trinajstić information content (AvgIpc) is 3.39. The second kappa shape index (κ2) is 14.1. The number of aromatic hydroxyl groups is 1. The number of amides is 1. The summed E-state index contributed by atoms with van der Waals surface area (Å²) in [7, 11) is 1.48. The number of benzene rings is 2. The normalized spacial score (nSPS) is 21.3. The maximum Gasteiger partial charge on any atom is 0.416 e. The molecule has 1 saturated heterocycles. The van der Waals surface area contributed by atoms with Gasteiger partial charge in [0.1, 0.15) is 5.75 Å². The molecule has 0 saturated carbocycles. The van der Waals surface area contributed by atoms with Crippen molar-refractivity contribution in [3.05, 3.63) is 77.9 Å². The van der Waals surface area contributed by atoms with Crippen molar-refractivity contribution in [3.63, 3.8) is 0 Å². The lowest BCUT2D eigenvalue weighted by Gasteiger charge is -2.31. The van der Waals surface area contributed by atoms with E-state index in [-0.39, 0.29) is 30.0 Å². The molecule has 1 heterocycles. The molecule has 3 unspecified atom stereocenters. The summed E-state index contributed by atoms with van der Waals surface area (Å²) in [5.74, 6) is 0.778. The zero-order valence-electron chi connectivity index (χ0n) is 24.1. The van der Waals surface area contributed by atoms with E-state index >= 15 is 0 Å². The number of nitrogens with zero attached hydrogens (tertiary/aromatic N) is 1. The number of carbonyl (C=O) groups is 1. The molecule has 2 aromatic rings. The first-order valence-electron chi connectivity index (χ1n) is 14.4. The van der Waals surface area contributed by atoms with Gasteiger partial charge in [-0.15, -0.1) is 0 Å². The molecule has 10 heteroatoms. The summed E-state index contributed by atoms with van der Waals surface area (Å²) < 4.78 is 50.9. The second-order valence-electron chi connectivity index (χ2n) is 11.0. The Balaban J connectivity index is 1.44. The van der Waals surface area contributed by atoms with Crippen molar-refractivity contribution in [2.45, 2.75) is 57.0 Å².